The first kappa shape index (κ1) is 26.7. The third-order valence-corrected chi connectivity index (χ3v) is 6.02. The van der Waals surface area contributed by atoms with Gasteiger partial charge < -0.3 is 9.67 Å². The van der Waals surface area contributed by atoms with E-state index in [9.17, 15) is 9.18 Å². The highest BCUT2D eigenvalue weighted by molar-refractivity contribution is 5.82. The Morgan fingerprint density at radius 1 is 1.17 bits per heavy atom. The average Bonchev–Trinajstić information content (AvgIpc) is 3.26. The summed E-state index contributed by atoms with van der Waals surface area (Å²) in [7, 11) is 0. The second-order valence-corrected chi connectivity index (χ2v) is 9.11. The molecule has 1 N–H and O–H groups in total. The number of aromatic nitrogens is 4. The fourth-order valence-corrected chi connectivity index (χ4v) is 4.30. The third kappa shape index (κ3) is 7.07. The number of carboxylic acid groups (broad SMARTS) is 1. The van der Waals surface area contributed by atoms with Crippen LogP contribution in [0.4, 0.5) is 4.39 Å². The van der Waals surface area contributed by atoms with Gasteiger partial charge in [-0.25, -0.2) is 19.3 Å². The zero-order valence-electron chi connectivity index (χ0n) is 21.1. The fraction of sp³-hybridized carbons (Fsp3) is 0.310. The van der Waals surface area contributed by atoms with Crippen molar-refractivity contribution in [1.82, 2.24) is 19.5 Å². The molecular formula is C29H33FN4O2. The lowest BCUT2D eigenvalue weighted by atomic mass is 9.92. The summed E-state index contributed by atoms with van der Waals surface area (Å²) in [5.74, 6) is 0.0294. The lowest BCUT2D eigenvalue weighted by Crippen LogP contribution is -2.12. The summed E-state index contributed by atoms with van der Waals surface area (Å²) < 4.78 is 16.0. The maximum Gasteiger partial charge on any atom is 0.303 e. The summed E-state index contributed by atoms with van der Waals surface area (Å²) in [4.78, 5) is 24.5. The third-order valence-electron chi connectivity index (χ3n) is 6.02. The first-order valence-corrected chi connectivity index (χ1v) is 12.1. The molecule has 2 unspecified atom stereocenters. The van der Waals surface area contributed by atoms with Gasteiger partial charge in [0.05, 0.1) is 11.4 Å². The Morgan fingerprint density at radius 3 is 2.56 bits per heavy atom. The van der Waals surface area contributed by atoms with Gasteiger partial charge in [-0.2, -0.15) is 0 Å². The SMILES string of the molecule is C=C(/C=C\C(F)=C/C)c1c(-c2ccncn2)nc(-c2ccccc2)n1CCC(C)CC(C)CC(=O)O. The van der Waals surface area contributed by atoms with Crippen LogP contribution < -0.4 is 0 Å². The number of imidazole rings is 1. The molecule has 0 amide bonds. The molecule has 188 valence electrons. The van der Waals surface area contributed by atoms with Gasteiger partial charge in [0.25, 0.3) is 0 Å². The van der Waals surface area contributed by atoms with Crippen LogP contribution in [0.3, 0.4) is 0 Å². The van der Waals surface area contributed by atoms with E-state index in [2.05, 4.69) is 28.0 Å². The number of rotatable bonds is 12. The van der Waals surface area contributed by atoms with Crippen molar-refractivity contribution in [1.29, 1.82) is 0 Å². The van der Waals surface area contributed by atoms with E-state index in [4.69, 9.17) is 10.1 Å². The Bertz CT molecular complexity index is 1230. The minimum atomic E-state index is -0.774. The van der Waals surface area contributed by atoms with Crippen LogP contribution in [0.5, 0.6) is 0 Å². The van der Waals surface area contributed by atoms with Crippen LogP contribution in [-0.4, -0.2) is 30.6 Å². The molecule has 2 heterocycles. The van der Waals surface area contributed by atoms with Crippen LogP contribution in [0.25, 0.3) is 28.3 Å². The first-order chi connectivity index (χ1) is 17.3. The number of carboxylic acids is 1. The van der Waals surface area contributed by atoms with Gasteiger partial charge in [-0.3, -0.25) is 4.79 Å². The number of benzene rings is 1. The fourth-order valence-electron chi connectivity index (χ4n) is 4.30. The summed E-state index contributed by atoms with van der Waals surface area (Å²) in [6.45, 7) is 10.6. The molecule has 6 nitrogen and oxygen atoms in total. The van der Waals surface area contributed by atoms with Crippen molar-refractivity contribution in [2.45, 2.75) is 46.6 Å². The van der Waals surface area contributed by atoms with E-state index in [-0.39, 0.29) is 18.2 Å². The lowest BCUT2D eigenvalue weighted by Gasteiger charge is -2.19. The molecule has 2 aromatic heterocycles. The molecule has 3 aromatic rings. The lowest BCUT2D eigenvalue weighted by molar-refractivity contribution is -0.138. The molecule has 0 aliphatic heterocycles. The quantitative estimate of drug-likeness (QED) is 0.278. The zero-order chi connectivity index (χ0) is 26.1. The number of hydrogen-bond donors (Lipinski definition) is 1. The maximum absolute atomic E-state index is 13.9. The Kier molecular flexibility index (Phi) is 9.45. The molecule has 0 radical (unpaired) electrons. The van der Waals surface area contributed by atoms with E-state index in [1.54, 1.807) is 25.3 Å². The summed E-state index contributed by atoms with van der Waals surface area (Å²) in [6, 6.07) is 11.7. The molecule has 0 fully saturated rings. The van der Waals surface area contributed by atoms with Gasteiger partial charge in [-0.05, 0) is 49.3 Å². The standard InChI is InChI=1S/C29H33FN4O2/c1-5-24(30)12-11-22(4)28-27(25-13-15-31-19-32-25)33-29(23-9-7-6-8-10-23)34(28)16-14-20(2)17-21(3)18-26(35)36/h5-13,15,19-21H,4,14,16-18H2,1-3H3,(H,35,36)/b12-11-,24-5+. The number of carbonyl (C=O) groups is 1. The number of nitrogens with zero attached hydrogens (tertiary/aromatic N) is 4. The monoisotopic (exact) mass is 488 g/mol. The molecule has 3 rings (SSSR count). The normalized spacial score (nSPS) is 13.6. The molecule has 0 bridgehead atoms. The van der Waals surface area contributed by atoms with Crippen LogP contribution >= 0.6 is 0 Å². The first-order valence-electron chi connectivity index (χ1n) is 12.1. The van der Waals surface area contributed by atoms with Crippen molar-refractivity contribution < 1.29 is 14.3 Å². The average molecular weight is 489 g/mol. The highest BCUT2D eigenvalue weighted by atomic mass is 19.1. The molecule has 36 heavy (non-hydrogen) atoms. The molecule has 0 spiro atoms. The van der Waals surface area contributed by atoms with Crippen molar-refractivity contribution in [3.05, 3.63) is 85.3 Å². The van der Waals surface area contributed by atoms with Crippen LogP contribution in [-0.2, 0) is 11.3 Å². The smallest absolute Gasteiger partial charge is 0.303 e. The highest BCUT2D eigenvalue weighted by Crippen LogP contribution is 2.34. The van der Waals surface area contributed by atoms with Crippen molar-refractivity contribution in [3.63, 3.8) is 0 Å². The minimum Gasteiger partial charge on any atom is -0.481 e. The summed E-state index contributed by atoms with van der Waals surface area (Å²) >= 11 is 0. The van der Waals surface area contributed by atoms with Gasteiger partial charge in [0, 0.05) is 24.7 Å². The largest absolute Gasteiger partial charge is 0.481 e. The molecule has 0 saturated heterocycles. The predicted molar refractivity (Wildman–Crippen MR) is 142 cm³/mol. The van der Waals surface area contributed by atoms with Crippen LogP contribution in [0.1, 0.15) is 45.7 Å². The van der Waals surface area contributed by atoms with Gasteiger partial charge >= 0.3 is 5.97 Å². The van der Waals surface area contributed by atoms with Gasteiger partial charge in [0.15, 0.2) is 0 Å². The van der Waals surface area contributed by atoms with Gasteiger partial charge in [-0.15, -0.1) is 0 Å². The van der Waals surface area contributed by atoms with Crippen LogP contribution in [0.2, 0.25) is 0 Å². The topological polar surface area (TPSA) is 80.9 Å². The molecule has 1 aromatic carbocycles. The van der Waals surface area contributed by atoms with Crippen LogP contribution in [0, 0.1) is 11.8 Å². The molecule has 7 heteroatoms. The Morgan fingerprint density at radius 2 is 1.92 bits per heavy atom. The van der Waals surface area contributed by atoms with E-state index in [0.29, 0.717) is 29.4 Å². The highest BCUT2D eigenvalue weighted by Gasteiger charge is 2.22. The Balaban J connectivity index is 2.07. The minimum absolute atomic E-state index is 0.0895. The number of aliphatic carboxylic acids is 1. The van der Waals surface area contributed by atoms with E-state index in [1.165, 1.54) is 18.5 Å². The van der Waals surface area contributed by atoms with E-state index >= 15 is 0 Å². The van der Waals surface area contributed by atoms with Crippen molar-refractivity contribution in [2.24, 2.45) is 11.8 Å². The summed E-state index contributed by atoms with van der Waals surface area (Å²) in [5.41, 5.74) is 3.63. The Hall–Kier alpha value is -3.87. The van der Waals surface area contributed by atoms with Crippen molar-refractivity contribution >= 4 is 11.5 Å². The second-order valence-electron chi connectivity index (χ2n) is 9.11. The number of halogens is 1. The second kappa shape index (κ2) is 12.7. The molecule has 2 atom stereocenters. The Labute approximate surface area is 212 Å². The van der Waals surface area contributed by atoms with E-state index < -0.39 is 5.97 Å². The molecule has 0 aliphatic carbocycles. The van der Waals surface area contributed by atoms with Crippen LogP contribution in [0.15, 0.2) is 79.6 Å². The van der Waals surface area contributed by atoms with E-state index in [1.807, 2.05) is 37.3 Å². The van der Waals surface area contributed by atoms with Gasteiger partial charge in [-0.1, -0.05) is 62.9 Å². The molecule has 0 saturated carbocycles. The zero-order valence-corrected chi connectivity index (χ0v) is 21.1. The van der Waals surface area contributed by atoms with Crippen molar-refractivity contribution in [3.8, 4) is 22.8 Å². The molecular weight excluding hydrogens is 455 g/mol. The molecule has 0 aliphatic rings. The number of allylic oxidation sites excluding steroid dienone is 5. The predicted octanol–water partition coefficient (Wildman–Crippen LogP) is 6.98. The van der Waals surface area contributed by atoms with Gasteiger partial charge in [0.1, 0.15) is 23.7 Å². The number of hydrogen-bond acceptors (Lipinski definition) is 4. The summed E-state index contributed by atoms with van der Waals surface area (Å²) in [5, 5.41) is 9.11. The van der Waals surface area contributed by atoms with Crippen molar-refractivity contribution in [2.75, 3.05) is 0 Å². The van der Waals surface area contributed by atoms with E-state index in [0.717, 1.165) is 29.9 Å². The maximum atomic E-state index is 13.9. The summed E-state index contributed by atoms with van der Waals surface area (Å²) in [6.07, 6.45) is 9.36. The van der Waals surface area contributed by atoms with Gasteiger partial charge in [0.2, 0.25) is 0 Å².